The average molecular weight is 477 g/mol. The Morgan fingerprint density at radius 1 is 1.16 bits per heavy atom. The number of sulfone groups is 1. The molecule has 8 nitrogen and oxygen atoms in total. The SMILES string of the molecule is CCOC(=O)c1cccc(NC(=O)CCS(=O)(=O)c2ccc3c(c2)NC(=O)C(CC)S3)c1. The standard InChI is InChI=1S/C22H24N2O6S2/c1-3-18-21(26)24-17-13-16(8-9-19(17)31-18)32(28,29)11-10-20(25)23-15-7-5-6-14(12-15)22(27)30-4-2/h5-9,12-13,18H,3-4,10-11H2,1-2H3,(H,23,25)(H,24,26). The minimum atomic E-state index is -3.74. The summed E-state index contributed by atoms with van der Waals surface area (Å²) in [5.41, 5.74) is 1.12. The van der Waals surface area contributed by atoms with Gasteiger partial charge in [-0.1, -0.05) is 13.0 Å². The van der Waals surface area contributed by atoms with Crippen molar-refractivity contribution < 1.29 is 27.5 Å². The van der Waals surface area contributed by atoms with Gasteiger partial charge in [0.05, 0.1) is 33.8 Å². The van der Waals surface area contributed by atoms with Gasteiger partial charge in [-0.15, -0.1) is 11.8 Å². The first-order valence-corrected chi connectivity index (χ1v) is 12.7. The van der Waals surface area contributed by atoms with Gasteiger partial charge in [0.2, 0.25) is 11.8 Å². The molecule has 10 heteroatoms. The summed E-state index contributed by atoms with van der Waals surface area (Å²) in [6.07, 6.45) is 0.413. The van der Waals surface area contributed by atoms with Crippen LogP contribution in [0.4, 0.5) is 11.4 Å². The van der Waals surface area contributed by atoms with Crippen LogP contribution in [0.15, 0.2) is 52.3 Å². The summed E-state index contributed by atoms with van der Waals surface area (Å²) < 4.78 is 30.4. The first-order valence-electron chi connectivity index (χ1n) is 10.1. The largest absolute Gasteiger partial charge is 0.462 e. The molecule has 0 radical (unpaired) electrons. The molecule has 0 saturated carbocycles. The fraction of sp³-hybridized carbons (Fsp3) is 0.318. The Bertz CT molecular complexity index is 1150. The Morgan fingerprint density at radius 3 is 2.66 bits per heavy atom. The fourth-order valence-corrected chi connectivity index (χ4v) is 5.38. The smallest absolute Gasteiger partial charge is 0.338 e. The van der Waals surface area contributed by atoms with Gasteiger partial charge in [0.25, 0.3) is 0 Å². The fourth-order valence-electron chi connectivity index (χ4n) is 3.10. The van der Waals surface area contributed by atoms with Gasteiger partial charge in [-0.25, -0.2) is 13.2 Å². The molecule has 0 fully saturated rings. The molecule has 2 aromatic carbocycles. The Balaban J connectivity index is 1.64. The number of ether oxygens (including phenoxy) is 1. The second kappa shape index (κ2) is 10.2. The van der Waals surface area contributed by atoms with E-state index in [4.69, 9.17) is 4.74 Å². The molecule has 1 heterocycles. The van der Waals surface area contributed by atoms with Crippen molar-refractivity contribution in [2.75, 3.05) is 23.0 Å². The minimum absolute atomic E-state index is 0.0456. The van der Waals surface area contributed by atoms with E-state index in [9.17, 15) is 22.8 Å². The third-order valence-corrected chi connectivity index (χ3v) is 7.91. The molecule has 0 saturated heterocycles. The molecule has 1 atom stereocenters. The Hall–Kier alpha value is -2.85. The second-order valence-electron chi connectivity index (χ2n) is 7.08. The van der Waals surface area contributed by atoms with Crippen LogP contribution in [0.1, 0.15) is 37.0 Å². The van der Waals surface area contributed by atoms with Crippen LogP contribution < -0.4 is 10.6 Å². The zero-order chi connectivity index (χ0) is 23.3. The van der Waals surface area contributed by atoms with Crippen molar-refractivity contribution in [3.63, 3.8) is 0 Å². The maximum absolute atomic E-state index is 12.7. The number of esters is 1. The number of carbonyl (C=O) groups excluding carboxylic acids is 3. The summed E-state index contributed by atoms with van der Waals surface area (Å²) in [7, 11) is -3.74. The highest BCUT2D eigenvalue weighted by Gasteiger charge is 2.27. The maximum Gasteiger partial charge on any atom is 0.338 e. The van der Waals surface area contributed by atoms with Crippen LogP contribution in [-0.2, 0) is 24.2 Å². The summed E-state index contributed by atoms with van der Waals surface area (Å²) in [6, 6.07) is 10.8. The summed E-state index contributed by atoms with van der Waals surface area (Å²) in [5, 5.41) is 5.15. The van der Waals surface area contributed by atoms with Crippen LogP contribution in [0.3, 0.4) is 0 Å². The third-order valence-electron chi connectivity index (χ3n) is 4.76. The van der Waals surface area contributed by atoms with Crippen molar-refractivity contribution in [1.29, 1.82) is 0 Å². The second-order valence-corrected chi connectivity index (χ2v) is 10.4. The van der Waals surface area contributed by atoms with Crippen molar-refractivity contribution in [2.45, 2.75) is 41.7 Å². The lowest BCUT2D eigenvalue weighted by molar-refractivity contribution is -0.116. The number of carbonyl (C=O) groups is 3. The van der Waals surface area contributed by atoms with E-state index in [2.05, 4.69) is 10.6 Å². The molecular weight excluding hydrogens is 452 g/mol. The highest BCUT2D eigenvalue weighted by molar-refractivity contribution is 8.01. The van der Waals surface area contributed by atoms with E-state index < -0.39 is 27.5 Å². The number of hydrogen-bond acceptors (Lipinski definition) is 7. The Morgan fingerprint density at radius 2 is 1.94 bits per heavy atom. The molecule has 1 aliphatic heterocycles. The number of nitrogens with one attached hydrogen (secondary N) is 2. The van der Waals surface area contributed by atoms with Gasteiger partial charge in [0.1, 0.15) is 0 Å². The van der Waals surface area contributed by atoms with E-state index in [1.165, 1.54) is 30.0 Å². The van der Waals surface area contributed by atoms with Gasteiger partial charge in [-0.3, -0.25) is 9.59 Å². The van der Waals surface area contributed by atoms with E-state index in [-0.39, 0.29) is 34.6 Å². The van der Waals surface area contributed by atoms with E-state index in [1.807, 2.05) is 6.92 Å². The summed E-state index contributed by atoms with van der Waals surface area (Å²) in [5.74, 6) is -1.55. The monoisotopic (exact) mass is 476 g/mol. The quantitative estimate of drug-likeness (QED) is 0.560. The van der Waals surface area contributed by atoms with Crippen LogP contribution in [0.2, 0.25) is 0 Å². The number of thioether (sulfide) groups is 1. The summed E-state index contributed by atoms with van der Waals surface area (Å²) in [6.45, 7) is 3.85. The van der Waals surface area contributed by atoms with Crippen LogP contribution in [0.5, 0.6) is 0 Å². The highest BCUT2D eigenvalue weighted by atomic mass is 32.2. The molecule has 2 aromatic rings. The van der Waals surface area contributed by atoms with E-state index in [1.54, 1.807) is 31.2 Å². The predicted octanol–water partition coefficient (Wildman–Crippen LogP) is 3.49. The molecule has 32 heavy (non-hydrogen) atoms. The van der Waals surface area contributed by atoms with Crippen LogP contribution in [0, 0.1) is 0 Å². The molecule has 3 rings (SSSR count). The zero-order valence-corrected chi connectivity index (χ0v) is 19.3. The third kappa shape index (κ3) is 5.68. The first-order chi connectivity index (χ1) is 15.2. The molecule has 2 amide bonds. The molecular formula is C22H24N2O6S2. The topological polar surface area (TPSA) is 119 Å². The molecule has 0 aliphatic carbocycles. The van der Waals surface area contributed by atoms with Crippen LogP contribution in [0.25, 0.3) is 0 Å². The van der Waals surface area contributed by atoms with Crippen molar-refractivity contribution in [3.05, 3.63) is 48.0 Å². The van der Waals surface area contributed by atoms with Gasteiger partial charge in [-0.05, 0) is 49.7 Å². The lowest BCUT2D eigenvalue weighted by atomic mass is 10.2. The Labute approximate surface area is 191 Å². The number of fused-ring (bicyclic) bond motifs is 1. The molecule has 1 unspecified atom stereocenters. The average Bonchev–Trinajstić information content (AvgIpc) is 2.77. The molecule has 0 aromatic heterocycles. The van der Waals surface area contributed by atoms with E-state index >= 15 is 0 Å². The van der Waals surface area contributed by atoms with Gasteiger partial charge in [-0.2, -0.15) is 0 Å². The lowest BCUT2D eigenvalue weighted by Crippen LogP contribution is -2.28. The van der Waals surface area contributed by atoms with Gasteiger partial charge >= 0.3 is 5.97 Å². The molecule has 1 aliphatic rings. The maximum atomic E-state index is 12.7. The van der Waals surface area contributed by atoms with Gasteiger partial charge in [0.15, 0.2) is 9.84 Å². The van der Waals surface area contributed by atoms with Crippen molar-refractivity contribution in [1.82, 2.24) is 0 Å². The molecule has 0 spiro atoms. The minimum Gasteiger partial charge on any atom is -0.462 e. The van der Waals surface area contributed by atoms with Crippen molar-refractivity contribution >= 4 is 50.8 Å². The zero-order valence-electron chi connectivity index (χ0n) is 17.7. The highest BCUT2D eigenvalue weighted by Crippen LogP contribution is 2.38. The van der Waals surface area contributed by atoms with Crippen molar-refractivity contribution in [3.8, 4) is 0 Å². The number of rotatable bonds is 8. The summed E-state index contributed by atoms with van der Waals surface area (Å²) in [4.78, 5) is 37.0. The number of amides is 2. The van der Waals surface area contributed by atoms with Crippen LogP contribution >= 0.6 is 11.8 Å². The van der Waals surface area contributed by atoms with E-state index in [0.29, 0.717) is 17.8 Å². The van der Waals surface area contributed by atoms with E-state index in [0.717, 1.165) is 4.90 Å². The predicted molar refractivity (Wildman–Crippen MR) is 123 cm³/mol. The molecule has 170 valence electrons. The molecule has 2 N–H and O–H groups in total. The number of hydrogen-bond donors (Lipinski definition) is 2. The lowest BCUT2D eigenvalue weighted by Gasteiger charge is -2.23. The van der Waals surface area contributed by atoms with Crippen molar-refractivity contribution in [2.24, 2.45) is 0 Å². The Kier molecular flexibility index (Phi) is 7.57. The van der Waals surface area contributed by atoms with Gasteiger partial charge in [0, 0.05) is 17.0 Å². The molecule has 0 bridgehead atoms. The number of benzene rings is 2. The first kappa shape index (κ1) is 23.8. The normalized spacial score (nSPS) is 15.4. The van der Waals surface area contributed by atoms with Crippen LogP contribution in [-0.4, -0.2) is 43.8 Å². The number of anilines is 2. The van der Waals surface area contributed by atoms with Gasteiger partial charge < -0.3 is 15.4 Å². The summed E-state index contributed by atoms with van der Waals surface area (Å²) >= 11 is 1.41.